The number of rotatable bonds is 3. The lowest BCUT2D eigenvalue weighted by Crippen LogP contribution is -1.79. The van der Waals surface area contributed by atoms with Crippen molar-refractivity contribution in [3.63, 3.8) is 0 Å². The summed E-state index contributed by atoms with van der Waals surface area (Å²) < 4.78 is 0. The summed E-state index contributed by atoms with van der Waals surface area (Å²) in [5.74, 6) is 0.839. The minimum atomic E-state index is 0.341. The highest BCUT2D eigenvalue weighted by molar-refractivity contribution is 7.80. The van der Waals surface area contributed by atoms with Crippen LogP contribution in [0, 0.1) is 0 Å². The fourth-order valence-electron chi connectivity index (χ4n) is 0.821. The molecule has 1 rings (SSSR count). The Morgan fingerprint density at radius 1 is 1.46 bits per heavy atom. The largest absolute Gasteiger partial charge is 0.242 e. The lowest BCUT2D eigenvalue weighted by atomic mass is 10.2. The van der Waals surface area contributed by atoms with Crippen molar-refractivity contribution in [2.24, 2.45) is 0 Å². The van der Waals surface area contributed by atoms with Gasteiger partial charge in [0.05, 0.1) is 5.02 Å². The first-order valence-electron chi connectivity index (χ1n) is 3.82. The predicted molar refractivity (Wildman–Crippen MR) is 61.8 cm³/mol. The second-order valence-electron chi connectivity index (χ2n) is 2.46. The minimum Gasteiger partial charge on any atom is -0.242 e. The second-order valence-corrected chi connectivity index (χ2v) is 3.67. The van der Waals surface area contributed by atoms with E-state index in [1.54, 1.807) is 12.3 Å². The highest BCUT2D eigenvalue weighted by atomic mass is 35.5. The van der Waals surface area contributed by atoms with E-state index in [2.05, 4.69) is 17.6 Å². The summed E-state index contributed by atoms with van der Waals surface area (Å²) in [5.41, 5.74) is 0.955. The molecule has 0 aliphatic rings. The van der Waals surface area contributed by atoms with Gasteiger partial charge in [-0.1, -0.05) is 35.4 Å². The molecule has 4 heteroatoms. The molecule has 1 nitrogen and oxygen atoms in total. The van der Waals surface area contributed by atoms with Crippen LogP contribution in [0.5, 0.6) is 0 Å². The van der Waals surface area contributed by atoms with Crippen molar-refractivity contribution in [2.75, 3.05) is 5.75 Å². The lowest BCUT2D eigenvalue weighted by Gasteiger charge is -1.96. The zero-order valence-electron chi connectivity index (χ0n) is 6.87. The Morgan fingerprint density at radius 3 is 2.85 bits per heavy atom. The van der Waals surface area contributed by atoms with Gasteiger partial charge in [-0.2, -0.15) is 12.6 Å². The van der Waals surface area contributed by atoms with Gasteiger partial charge in [0, 0.05) is 6.20 Å². The molecule has 1 aromatic rings. The van der Waals surface area contributed by atoms with Crippen LogP contribution >= 0.6 is 35.8 Å². The molecule has 0 unspecified atom stereocenters. The maximum absolute atomic E-state index is 5.78. The predicted octanol–water partition coefficient (Wildman–Crippen LogP) is 3.72. The number of pyridine rings is 1. The quantitative estimate of drug-likeness (QED) is 0.621. The van der Waals surface area contributed by atoms with Crippen LogP contribution in [-0.4, -0.2) is 10.7 Å². The van der Waals surface area contributed by atoms with Crippen molar-refractivity contribution in [1.29, 1.82) is 0 Å². The Hall–Kier alpha value is -0.180. The number of allylic oxidation sites excluding steroid dienone is 1. The highest BCUT2D eigenvalue weighted by Crippen LogP contribution is 2.20. The van der Waals surface area contributed by atoms with Crippen LogP contribution in [0.2, 0.25) is 10.2 Å². The van der Waals surface area contributed by atoms with Gasteiger partial charge in [0.25, 0.3) is 0 Å². The lowest BCUT2D eigenvalue weighted by molar-refractivity contribution is 1.26. The molecule has 0 radical (unpaired) electrons. The summed E-state index contributed by atoms with van der Waals surface area (Å²) in [5, 5.41) is 0.822. The third kappa shape index (κ3) is 3.59. The molecule has 0 aliphatic heterocycles. The monoisotopic (exact) mass is 233 g/mol. The van der Waals surface area contributed by atoms with Gasteiger partial charge in [0.1, 0.15) is 5.15 Å². The first kappa shape index (κ1) is 10.9. The molecule has 0 bridgehead atoms. The summed E-state index contributed by atoms with van der Waals surface area (Å²) in [4.78, 5) is 3.92. The average Bonchev–Trinajstić information content (AvgIpc) is 2.12. The van der Waals surface area contributed by atoms with E-state index in [4.69, 9.17) is 23.2 Å². The zero-order chi connectivity index (χ0) is 9.68. The van der Waals surface area contributed by atoms with Crippen LogP contribution in [0.4, 0.5) is 0 Å². The molecule has 0 aliphatic carbocycles. The Kier molecular flexibility index (Phi) is 4.64. The maximum atomic E-state index is 5.78. The second kappa shape index (κ2) is 5.53. The van der Waals surface area contributed by atoms with Crippen LogP contribution in [-0.2, 0) is 0 Å². The Bertz CT molecular complexity index is 312. The highest BCUT2D eigenvalue weighted by Gasteiger charge is 1.97. The Morgan fingerprint density at radius 2 is 2.23 bits per heavy atom. The van der Waals surface area contributed by atoms with E-state index in [1.807, 2.05) is 12.2 Å². The summed E-state index contributed by atoms with van der Waals surface area (Å²) in [6.45, 7) is 0. The molecular formula is C9H9Cl2NS. The Balaban J connectivity index is 2.73. The fraction of sp³-hybridized carbons (Fsp3) is 0.222. The van der Waals surface area contributed by atoms with Crippen LogP contribution in [0.1, 0.15) is 12.0 Å². The van der Waals surface area contributed by atoms with Crippen LogP contribution in [0.15, 0.2) is 18.3 Å². The van der Waals surface area contributed by atoms with Crippen molar-refractivity contribution in [3.05, 3.63) is 34.1 Å². The average molecular weight is 234 g/mol. The topological polar surface area (TPSA) is 12.9 Å². The summed E-state index contributed by atoms with van der Waals surface area (Å²) in [6.07, 6.45) is 6.59. The number of aromatic nitrogens is 1. The van der Waals surface area contributed by atoms with Gasteiger partial charge >= 0.3 is 0 Å². The van der Waals surface area contributed by atoms with Gasteiger partial charge < -0.3 is 0 Å². The maximum Gasteiger partial charge on any atom is 0.147 e. The number of hydrogen-bond donors (Lipinski definition) is 1. The number of halogens is 2. The van der Waals surface area contributed by atoms with E-state index in [-0.39, 0.29) is 0 Å². The molecule has 0 saturated heterocycles. The van der Waals surface area contributed by atoms with Gasteiger partial charge in [-0.3, -0.25) is 0 Å². The molecule has 70 valence electrons. The number of thiol groups is 1. The van der Waals surface area contributed by atoms with Crippen molar-refractivity contribution >= 4 is 41.9 Å². The molecule has 0 amide bonds. The molecule has 1 heterocycles. The van der Waals surface area contributed by atoms with E-state index in [1.165, 1.54) is 0 Å². The van der Waals surface area contributed by atoms with Gasteiger partial charge in [0.15, 0.2) is 0 Å². The molecule has 0 spiro atoms. The first-order valence-corrected chi connectivity index (χ1v) is 5.21. The SMILES string of the molecule is SCCC=Cc1cnc(Cl)c(Cl)c1. The van der Waals surface area contributed by atoms with Crippen molar-refractivity contribution in [2.45, 2.75) is 6.42 Å². The van der Waals surface area contributed by atoms with Gasteiger partial charge in [-0.05, 0) is 23.8 Å². The standard InChI is InChI=1S/C9H9Cl2NS/c10-8-5-7(3-1-2-4-13)6-12-9(8)11/h1,3,5-6,13H,2,4H2. The van der Waals surface area contributed by atoms with E-state index >= 15 is 0 Å². The van der Waals surface area contributed by atoms with Crippen LogP contribution in [0.3, 0.4) is 0 Å². The van der Waals surface area contributed by atoms with Crippen LogP contribution < -0.4 is 0 Å². The summed E-state index contributed by atoms with van der Waals surface area (Å²) in [6, 6.07) is 1.78. The van der Waals surface area contributed by atoms with Crippen LogP contribution in [0.25, 0.3) is 6.08 Å². The summed E-state index contributed by atoms with van der Waals surface area (Å²) >= 11 is 15.5. The number of nitrogens with zero attached hydrogens (tertiary/aromatic N) is 1. The normalized spacial score (nSPS) is 11.0. The zero-order valence-corrected chi connectivity index (χ0v) is 9.28. The third-order valence-electron chi connectivity index (χ3n) is 1.42. The van der Waals surface area contributed by atoms with E-state index in [0.717, 1.165) is 17.7 Å². The van der Waals surface area contributed by atoms with E-state index in [9.17, 15) is 0 Å². The van der Waals surface area contributed by atoms with E-state index < -0.39 is 0 Å². The first-order chi connectivity index (χ1) is 6.24. The molecule has 0 fully saturated rings. The molecule has 0 saturated carbocycles. The van der Waals surface area contributed by atoms with Gasteiger partial charge in [0.2, 0.25) is 0 Å². The smallest absolute Gasteiger partial charge is 0.147 e. The van der Waals surface area contributed by atoms with Gasteiger partial charge in [-0.25, -0.2) is 4.98 Å². The molecule has 0 aromatic carbocycles. The Labute approximate surface area is 93.2 Å². The fourth-order valence-corrected chi connectivity index (χ4v) is 1.25. The summed E-state index contributed by atoms with van der Waals surface area (Å²) in [7, 11) is 0. The minimum absolute atomic E-state index is 0.341. The molecule has 13 heavy (non-hydrogen) atoms. The van der Waals surface area contributed by atoms with Gasteiger partial charge in [-0.15, -0.1) is 0 Å². The molecule has 0 N–H and O–H groups in total. The van der Waals surface area contributed by atoms with E-state index in [0.29, 0.717) is 10.2 Å². The molecular weight excluding hydrogens is 225 g/mol. The van der Waals surface area contributed by atoms with Crippen molar-refractivity contribution in [3.8, 4) is 0 Å². The number of hydrogen-bond acceptors (Lipinski definition) is 2. The van der Waals surface area contributed by atoms with Crippen molar-refractivity contribution < 1.29 is 0 Å². The third-order valence-corrected chi connectivity index (χ3v) is 2.37. The van der Waals surface area contributed by atoms with Crippen molar-refractivity contribution in [1.82, 2.24) is 4.98 Å². The molecule has 0 atom stereocenters. The molecule has 1 aromatic heterocycles.